The van der Waals surface area contributed by atoms with Crippen molar-refractivity contribution < 1.29 is 9.53 Å². The van der Waals surface area contributed by atoms with Crippen LogP contribution in [0.3, 0.4) is 0 Å². The molecule has 1 aromatic carbocycles. The highest BCUT2D eigenvalue weighted by molar-refractivity contribution is 6.01. The monoisotopic (exact) mass is 408 g/mol. The van der Waals surface area contributed by atoms with Gasteiger partial charge < -0.3 is 19.5 Å². The van der Waals surface area contributed by atoms with Crippen LogP contribution < -0.4 is 10.2 Å². The van der Waals surface area contributed by atoms with Crippen LogP contribution in [0.15, 0.2) is 42.0 Å². The molecule has 2 aromatic rings. The summed E-state index contributed by atoms with van der Waals surface area (Å²) in [4.78, 5) is 14.7. The zero-order valence-electron chi connectivity index (χ0n) is 18.8. The molecule has 0 saturated carbocycles. The predicted molar refractivity (Wildman–Crippen MR) is 121 cm³/mol. The smallest absolute Gasteiger partial charge is 0.262 e. The van der Waals surface area contributed by atoms with E-state index in [-0.39, 0.29) is 23.6 Å². The Balaban J connectivity index is 2.10. The van der Waals surface area contributed by atoms with Crippen molar-refractivity contribution in [2.24, 2.45) is 0 Å². The van der Waals surface area contributed by atoms with Crippen molar-refractivity contribution in [1.82, 2.24) is 9.88 Å². The first-order valence-corrected chi connectivity index (χ1v) is 10.1. The molecule has 6 nitrogen and oxygen atoms in total. The van der Waals surface area contributed by atoms with Gasteiger partial charge >= 0.3 is 0 Å². The number of para-hydroxylation sites is 1. The molecule has 0 aliphatic heterocycles. The number of ether oxygens (including phenoxy) is 1. The van der Waals surface area contributed by atoms with E-state index in [1.54, 1.807) is 13.2 Å². The van der Waals surface area contributed by atoms with Crippen molar-refractivity contribution in [3.63, 3.8) is 0 Å². The van der Waals surface area contributed by atoms with Crippen molar-refractivity contribution in [3.8, 4) is 6.07 Å². The first-order valence-electron chi connectivity index (χ1n) is 10.1. The Kier molecular flexibility index (Phi) is 8.25. The minimum Gasteiger partial charge on any atom is -0.383 e. The number of hydrogen-bond donors (Lipinski definition) is 1. The second-order valence-electron chi connectivity index (χ2n) is 7.68. The average Bonchev–Trinajstić information content (AvgIpc) is 3.03. The lowest BCUT2D eigenvalue weighted by Crippen LogP contribution is -2.40. The number of nitriles is 1. The molecule has 0 aliphatic carbocycles. The predicted octanol–water partition coefficient (Wildman–Crippen LogP) is 3.86. The molecular formula is C24H32N4O2. The third-order valence-corrected chi connectivity index (χ3v) is 5.42. The largest absolute Gasteiger partial charge is 0.383 e. The van der Waals surface area contributed by atoms with Gasteiger partial charge in [-0.2, -0.15) is 5.26 Å². The fourth-order valence-electron chi connectivity index (χ4n) is 3.64. The number of nitrogens with one attached hydrogen (secondary N) is 1. The number of rotatable bonds is 9. The highest BCUT2D eigenvalue weighted by Gasteiger charge is 2.17. The van der Waals surface area contributed by atoms with Gasteiger partial charge in [-0.25, -0.2) is 0 Å². The number of likely N-dealkylation sites (N-methyl/N-ethyl adjacent to an activating group) is 1. The zero-order valence-corrected chi connectivity index (χ0v) is 18.8. The Morgan fingerprint density at radius 1 is 1.30 bits per heavy atom. The Morgan fingerprint density at radius 3 is 2.57 bits per heavy atom. The van der Waals surface area contributed by atoms with E-state index in [0.717, 1.165) is 22.6 Å². The summed E-state index contributed by atoms with van der Waals surface area (Å²) in [6.45, 7) is 9.16. The van der Waals surface area contributed by atoms with Gasteiger partial charge in [0, 0.05) is 43.8 Å². The molecular weight excluding hydrogens is 376 g/mol. The summed E-state index contributed by atoms with van der Waals surface area (Å²) in [5.41, 5.74) is 4.13. The maximum atomic E-state index is 12.6. The molecule has 1 aromatic heterocycles. The number of aromatic nitrogens is 1. The van der Waals surface area contributed by atoms with E-state index < -0.39 is 0 Å². The number of carbonyl (C=O) groups excluding carboxylic acids is 1. The molecule has 1 heterocycles. The zero-order chi connectivity index (χ0) is 22.3. The van der Waals surface area contributed by atoms with Crippen molar-refractivity contribution in [2.75, 3.05) is 32.2 Å². The molecule has 1 amide bonds. The van der Waals surface area contributed by atoms with Gasteiger partial charge in [-0.05, 0) is 57.5 Å². The van der Waals surface area contributed by atoms with Crippen molar-refractivity contribution in [1.29, 1.82) is 5.26 Å². The molecule has 2 rings (SSSR count). The van der Waals surface area contributed by atoms with Gasteiger partial charge in [0.25, 0.3) is 5.91 Å². The highest BCUT2D eigenvalue weighted by atomic mass is 16.5. The lowest BCUT2D eigenvalue weighted by Gasteiger charge is -2.27. The number of nitrogens with zero attached hydrogens (tertiary/aromatic N) is 3. The number of amides is 1. The second-order valence-corrected chi connectivity index (χ2v) is 7.68. The maximum Gasteiger partial charge on any atom is 0.262 e. The summed E-state index contributed by atoms with van der Waals surface area (Å²) in [6.07, 6.45) is 1.67. The highest BCUT2D eigenvalue weighted by Crippen LogP contribution is 2.23. The van der Waals surface area contributed by atoms with Crippen LogP contribution in [0.4, 0.5) is 5.69 Å². The summed E-state index contributed by atoms with van der Waals surface area (Å²) in [6, 6.07) is 14.3. The van der Waals surface area contributed by atoms with Crippen LogP contribution in [0, 0.1) is 25.2 Å². The third kappa shape index (κ3) is 5.52. The van der Waals surface area contributed by atoms with Crippen LogP contribution in [-0.2, 0) is 9.53 Å². The van der Waals surface area contributed by atoms with E-state index >= 15 is 0 Å². The first kappa shape index (κ1) is 23.2. The van der Waals surface area contributed by atoms with Crippen LogP contribution in [-0.4, -0.2) is 43.8 Å². The fourth-order valence-corrected chi connectivity index (χ4v) is 3.64. The van der Waals surface area contributed by atoms with E-state index in [1.807, 2.05) is 70.3 Å². The maximum absolute atomic E-state index is 12.6. The Morgan fingerprint density at radius 2 is 1.97 bits per heavy atom. The average molecular weight is 409 g/mol. The Bertz CT molecular complexity index is 925. The summed E-state index contributed by atoms with van der Waals surface area (Å²) in [7, 11) is 3.67. The summed E-state index contributed by atoms with van der Waals surface area (Å²) < 4.78 is 7.43. The molecule has 0 bridgehead atoms. The summed E-state index contributed by atoms with van der Waals surface area (Å²) in [5, 5.41) is 12.4. The summed E-state index contributed by atoms with van der Waals surface area (Å²) >= 11 is 0. The van der Waals surface area contributed by atoms with Gasteiger partial charge in [0.15, 0.2) is 0 Å². The molecule has 2 atom stereocenters. The van der Waals surface area contributed by atoms with Crippen LogP contribution in [0.2, 0.25) is 0 Å². The molecule has 2 unspecified atom stereocenters. The van der Waals surface area contributed by atoms with Crippen molar-refractivity contribution >= 4 is 17.7 Å². The number of methoxy groups -OCH3 is 1. The number of carbonyl (C=O) groups is 1. The van der Waals surface area contributed by atoms with E-state index in [1.165, 1.54) is 0 Å². The van der Waals surface area contributed by atoms with Crippen LogP contribution in [0.25, 0.3) is 6.08 Å². The molecule has 160 valence electrons. The molecule has 0 fully saturated rings. The Hall–Kier alpha value is -3.04. The lowest BCUT2D eigenvalue weighted by molar-refractivity contribution is -0.117. The second kappa shape index (κ2) is 10.7. The van der Waals surface area contributed by atoms with Crippen molar-refractivity contribution in [3.05, 3.63) is 58.9 Å². The molecule has 6 heteroatoms. The fraction of sp³-hybridized carbons (Fsp3) is 0.417. The van der Waals surface area contributed by atoms with E-state index in [2.05, 4.69) is 21.7 Å². The van der Waals surface area contributed by atoms with Crippen LogP contribution in [0.5, 0.6) is 0 Å². The topological polar surface area (TPSA) is 70.3 Å². The standard InChI is InChI=1S/C24H32N4O2/c1-17-12-21(20(4)28(17)19(3)16-30-6)13-22(14-25)24(29)26-15-18(2)27(5)23-10-8-7-9-11-23/h7-13,18-19H,15-16H2,1-6H3,(H,26,29)/b22-13-. The quantitative estimate of drug-likeness (QED) is 0.505. The minimum absolute atomic E-state index is 0.0799. The third-order valence-electron chi connectivity index (χ3n) is 5.42. The SMILES string of the molecule is COCC(C)n1c(C)cc(/C=C(/C#N)C(=O)NCC(C)N(C)c2ccccc2)c1C. The number of hydrogen-bond acceptors (Lipinski definition) is 4. The van der Waals surface area contributed by atoms with E-state index in [9.17, 15) is 10.1 Å². The molecule has 0 saturated heterocycles. The van der Waals surface area contributed by atoms with E-state index in [4.69, 9.17) is 4.74 Å². The van der Waals surface area contributed by atoms with Crippen LogP contribution in [0.1, 0.15) is 36.8 Å². The van der Waals surface area contributed by atoms with Crippen molar-refractivity contribution in [2.45, 2.75) is 39.8 Å². The molecule has 30 heavy (non-hydrogen) atoms. The number of anilines is 1. The van der Waals surface area contributed by atoms with Crippen LogP contribution >= 0.6 is 0 Å². The van der Waals surface area contributed by atoms with Gasteiger partial charge in [0.2, 0.25) is 0 Å². The molecule has 0 radical (unpaired) electrons. The number of aryl methyl sites for hydroxylation is 1. The lowest BCUT2D eigenvalue weighted by atomic mass is 10.1. The van der Waals surface area contributed by atoms with Gasteiger partial charge in [0.1, 0.15) is 11.6 Å². The first-order chi connectivity index (χ1) is 14.3. The molecule has 0 aliphatic rings. The van der Waals surface area contributed by atoms with Gasteiger partial charge in [-0.3, -0.25) is 4.79 Å². The molecule has 1 N–H and O–H groups in total. The van der Waals surface area contributed by atoms with Gasteiger partial charge in [-0.1, -0.05) is 18.2 Å². The normalized spacial score (nSPS) is 13.4. The number of benzene rings is 1. The Labute approximate surface area is 179 Å². The van der Waals surface area contributed by atoms with E-state index in [0.29, 0.717) is 13.2 Å². The summed E-state index contributed by atoms with van der Waals surface area (Å²) in [5.74, 6) is -0.361. The minimum atomic E-state index is -0.361. The van der Waals surface area contributed by atoms with Gasteiger partial charge in [0.05, 0.1) is 12.6 Å². The molecule has 0 spiro atoms. The van der Waals surface area contributed by atoms with Gasteiger partial charge in [-0.15, -0.1) is 0 Å².